The topological polar surface area (TPSA) is 36.4 Å². The largest absolute Gasteiger partial charge is 0.325 e. The first-order chi connectivity index (χ1) is 10.2. The standard InChI is InChI=1S/C19H31N3O/c1-17(2,3)15-10-14-13(11-20-15)12-21(18(4,5)6)16(23)22(14)19(7,8)9/h10-11H,12H2,1-9H3. The van der Waals surface area contributed by atoms with Gasteiger partial charge in [0.25, 0.3) is 0 Å². The Morgan fingerprint density at radius 3 is 1.96 bits per heavy atom. The van der Waals surface area contributed by atoms with E-state index in [1.165, 1.54) is 0 Å². The molecule has 2 rings (SSSR count). The van der Waals surface area contributed by atoms with E-state index in [1.54, 1.807) is 0 Å². The third-order valence-corrected chi connectivity index (χ3v) is 4.20. The number of aromatic nitrogens is 1. The number of pyridine rings is 1. The average Bonchev–Trinajstić information content (AvgIpc) is 2.33. The Kier molecular flexibility index (Phi) is 4.03. The predicted molar refractivity (Wildman–Crippen MR) is 95.9 cm³/mol. The lowest BCUT2D eigenvalue weighted by Gasteiger charge is -2.48. The fraction of sp³-hybridized carbons (Fsp3) is 0.684. The van der Waals surface area contributed by atoms with Crippen molar-refractivity contribution in [2.75, 3.05) is 4.90 Å². The molecule has 0 atom stereocenters. The van der Waals surface area contributed by atoms with Crippen LogP contribution in [0.25, 0.3) is 0 Å². The normalized spacial score (nSPS) is 16.7. The average molecular weight is 317 g/mol. The fourth-order valence-electron chi connectivity index (χ4n) is 2.85. The lowest BCUT2D eigenvalue weighted by Crippen LogP contribution is -2.59. The lowest BCUT2D eigenvalue weighted by molar-refractivity contribution is 0.136. The molecule has 0 aromatic carbocycles. The first-order valence-corrected chi connectivity index (χ1v) is 8.34. The molecule has 0 fully saturated rings. The summed E-state index contributed by atoms with van der Waals surface area (Å²) in [4.78, 5) is 21.7. The van der Waals surface area contributed by atoms with Crippen LogP contribution in [-0.2, 0) is 12.0 Å². The number of hydrogen-bond donors (Lipinski definition) is 0. The van der Waals surface area contributed by atoms with Gasteiger partial charge in [0, 0.05) is 33.9 Å². The monoisotopic (exact) mass is 317 g/mol. The Labute approximate surface area is 140 Å². The molecule has 4 heteroatoms. The van der Waals surface area contributed by atoms with Gasteiger partial charge in [0.05, 0.1) is 12.2 Å². The second-order valence-corrected chi connectivity index (χ2v) is 9.49. The maximum absolute atomic E-state index is 13.2. The summed E-state index contributed by atoms with van der Waals surface area (Å²) in [5.41, 5.74) is 2.59. The highest BCUT2D eigenvalue weighted by Crippen LogP contribution is 2.38. The van der Waals surface area contributed by atoms with E-state index >= 15 is 0 Å². The third-order valence-electron chi connectivity index (χ3n) is 4.20. The number of nitrogens with zero attached hydrogens (tertiary/aromatic N) is 3. The SMILES string of the molecule is CC(C)(C)c1cc2c(cn1)CN(C(C)(C)C)C(=O)N2C(C)(C)C. The van der Waals surface area contributed by atoms with Crippen LogP contribution in [0.15, 0.2) is 12.3 Å². The fourth-order valence-corrected chi connectivity index (χ4v) is 2.85. The summed E-state index contributed by atoms with van der Waals surface area (Å²) < 4.78 is 0. The molecule has 0 saturated heterocycles. The summed E-state index contributed by atoms with van der Waals surface area (Å²) in [6.07, 6.45) is 1.94. The number of rotatable bonds is 0. The highest BCUT2D eigenvalue weighted by atomic mass is 16.2. The summed E-state index contributed by atoms with van der Waals surface area (Å²) in [7, 11) is 0. The molecule has 1 aliphatic heterocycles. The van der Waals surface area contributed by atoms with Gasteiger partial charge in [-0.15, -0.1) is 0 Å². The van der Waals surface area contributed by atoms with Gasteiger partial charge in [0.1, 0.15) is 0 Å². The molecule has 0 saturated carbocycles. The zero-order chi connectivity index (χ0) is 17.8. The molecule has 1 aromatic heterocycles. The van der Waals surface area contributed by atoms with Crippen molar-refractivity contribution in [3.63, 3.8) is 0 Å². The molecule has 23 heavy (non-hydrogen) atoms. The van der Waals surface area contributed by atoms with Crippen molar-refractivity contribution < 1.29 is 4.79 Å². The van der Waals surface area contributed by atoms with Crippen LogP contribution in [0.4, 0.5) is 10.5 Å². The molecular formula is C19H31N3O. The van der Waals surface area contributed by atoms with E-state index in [2.05, 4.69) is 73.4 Å². The lowest BCUT2D eigenvalue weighted by atomic mass is 9.89. The van der Waals surface area contributed by atoms with Crippen LogP contribution in [0, 0.1) is 0 Å². The van der Waals surface area contributed by atoms with E-state index in [0.29, 0.717) is 6.54 Å². The molecule has 0 bridgehead atoms. The van der Waals surface area contributed by atoms with Gasteiger partial charge in [0.2, 0.25) is 0 Å². The maximum atomic E-state index is 13.2. The number of urea groups is 1. The highest BCUT2D eigenvalue weighted by Gasteiger charge is 2.41. The minimum Gasteiger partial charge on any atom is -0.315 e. The molecule has 1 aromatic rings. The summed E-state index contributed by atoms with van der Waals surface area (Å²) in [5.74, 6) is 0. The summed E-state index contributed by atoms with van der Waals surface area (Å²) >= 11 is 0. The Morgan fingerprint density at radius 2 is 1.52 bits per heavy atom. The number of carbonyl (C=O) groups excluding carboxylic acids is 1. The van der Waals surface area contributed by atoms with Crippen molar-refractivity contribution in [3.05, 3.63) is 23.5 Å². The smallest absolute Gasteiger partial charge is 0.315 e. The van der Waals surface area contributed by atoms with E-state index in [-0.39, 0.29) is 22.5 Å². The van der Waals surface area contributed by atoms with Crippen molar-refractivity contribution in [1.82, 2.24) is 9.88 Å². The zero-order valence-corrected chi connectivity index (χ0v) is 16.1. The van der Waals surface area contributed by atoms with E-state index in [1.807, 2.05) is 16.0 Å². The number of anilines is 1. The minimum absolute atomic E-state index is 0.0389. The molecule has 0 aliphatic carbocycles. The highest BCUT2D eigenvalue weighted by molar-refractivity contribution is 5.96. The Hall–Kier alpha value is -1.58. The molecule has 0 spiro atoms. The van der Waals surface area contributed by atoms with E-state index in [9.17, 15) is 4.79 Å². The van der Waals surface area contributed by atoms with Crippen molar-refractivity contribution in [3.8, 4) is 0 Å². The van der Waals surface area contributed by atoms with Crippen molar-refractivity contribution in [2.45, 2.75) is 85.4 Å². The van der Waals surface area contributed by atoms with Gasteiger partial charge in [-0.1, -0.05) is 20.8 Å². The molecule has 0 N–H and O–H groups in total. The number of amides is 2. The first kappa shape index (κ1) is 17.8. The van der Waals surface area contributed by atoms with Crippen molar-refractivity contribution >= 4 is 11.7 Å². The van der Waals surface area contributed by atoms with Crippen LogP contribution in [0.5, 0.6) is 0 Å². The quantitative estimate of drug-likeness (QED) is 0.694. The molecule has 2 amide bonds. The van der Waals surface area contributed by atoms with Crippen LogP contribution in [0.3, 0.4) is 0 Å². The van der Waals surface area contributed by atoms with Gasteiger partial charge < -0.3 is 4.90 Å². The van der Waals surface area contributed by atoms with E-state index in [0.717, 1.165) is 16.9 Å². The van der Waals surface area contributed by atoms with Crippen molar-refractivity contribution in [1.29, 1.82) is 0 Å². The molecule has 1 aliphatic rings. The Bertz CT molecular complexity index is 615. The second-order valence-electron chi connectivity index (χ2n) is 9.49. The van der Waals surface area contributed by atoms with Gasteiger partial charge >= 0.3 is 6.03 Å². The Balaban J connectivity index is 2.64. The van der Waals surface area contributed by atoms with Gasteiger partial charge in [-0.05, 0) is 47.6 Å². The molecule has 4 nitrogen and oxygen atoms in total. The van der Waals surface area contributed by atoms with E-state index < -0.39 is 0 Å². The second kappa shape index (κ2) is 5.22. The molecular weight excluding hydrogens is 286 g/mol. The van der Waals surface area contributed by atoms with Gasteiger partial charge in [-0.2, -0.15) is 0 Å². The molecule has 128 valence electrons. The molecule has 2 heterocycles. The molecule has 0 radical (unpaired) electrons. The van der Waals surface area contributed by atoms with Crippen LogP contribution in [-0.4, -0.2) is 27.0 Å². The van der Waals surface area contributed by atoms with Crippen LogP contribution in [0.1, 0.15) is 73.6 Å². The van der Waals surface area contributed by atoms with Gasteiger partial charge in [-0.3, -0.25) is 9.88 Å². The summed E-state index contributed by atoms with van der Waals surface area (Å²) in [6.45, 7) is 19.5. The first-order valence-electron chi connectivity index (χ1n) is 8.34. The number of carbonyl (C=O) groups is 1. The van der Waals surface area contributed by atoms with Crippen molar-refractivity contribution in [2.24, 2.45) is 0 Å². The Morgan fingerprint density at radius 1 is 0.957 bits per heavy atom. The minimum atomic E-state index is -0.285. The number of hydrogen-bond acceptors (Lipinski definition) is 2. The molecule has 0 unspecified atom stereocenters. The summed E-state index contributed by atoms with van der Waals surface area (Å²) in [5, 5.41) is 0. The zero-order valence-electron chi connectivity index (χ0n) is 16.1. The van der Waals surface area contributed by atoms with E-state index in [4.69, 9.17) is 0 Å². The van der Waals surface area contributed by atoms with Gasteiger partial charge in [0.15, 0.2) is 0 Å². The predicted octanol–water partition coefficient (Wildman–Crippen LogP) is 4.72. The maximum Gasteiger partial charge on any atom is 0.325 e. The van der Waals surface area contributed by atoms with Crippen LogP contribution >= 0.6 is 0 Å². The van der Waals surface area contributed by atoms with Crippen LogP contribution in [0.2, 0.25) is 0 Å². The number of fused-ring (bicyclic) bond motifs is 1. The van der Waals surface area contributed by atoms with Crippen LogP contribution < -0.4 is 4.90 Å². The van der Waals surface area contributed by atoms with Gasteiger partial charge in [-0.25, -0.2) is 4.79 Å². The third kappa shape index (κ3) is 3.36. The summed E-state index contributed by atoms with van der Waals surface area (Å²) in [6, 6.07) is 2.17.